The van der Waals surface area contributed by atoms with Gasteiger partial charge in [0.1, 0.15) is 23.6 Å². The number of nitrogens with two attached hydrogens (primary N) is 1. The minimum atomic E-state index is -4.65. The van der Waals surface area contributed by atoms with Crippen molar-refractivity contribution in [1.82, 2.24) is 0 Å². The molecule has 2 aromatic carbocycles. The quantitative estimate of drug-likeness (QED) is 0.439. The lowest BCUT2D eigenvalue weighted by atomic mass is 9.84. The molecule has 0 amide bonds. The predicted molar refractivity (Wildman–Crippen MR) is 107 cm³/mol. The van der Waals surface area contributed by atoms with Gasteiger partial charge in [-0.1, -0.05) is 12.1 Å². The molecule has 0 aliphatic heterocycles. The van der Waals surface area contributed by atoms with E-state index in [4.69, 9.17) is 19.9 Å². The third-order valence-corrected chi connectivity index (χ3v) is 4.93. The van der Waals surface area contributed by atoms with Crippen molar-refractivity contribution in [3.63, 3.8) is 0 Å². The smallest absolute Gasteiger partial charge is 0.416 e. The number of hydrogen-bond acceptors (Lipinski definition) is 5. The third kappa shape index (κ3) is 6.10. The zero-order chi connectivity index (χ0) is 25.1. The van der Waals surface area contributed by atoms with Crippen molar-refractivity contribution in [2.45, 2.75) is 44.3 Å². The molecule has 0 aliphatic rings. The second-order valence-electron chi connectivity index (χ2n) is 7.32. The van der Waals surface area contributed by atoms with Crippen LogP contribution in [0, 0.1) is 0 Å². The summed E-state index contributed by atoms with van der Waals surface area (Å²) in [6.07, 6.45) is -10.4. The lowest BCUT2D eigenvalue weighted by molar-refractivity contribution is -0.150. The first kappa shape index (κ1) is 26.3. The fraction of sp³-hybridized carbons (Fsp3) is 0.409. The van der Waals surface area contributed by atoms with Gasteiger partial charge in [0.25, 0.3) is 0 Å². The van der Waals surface area contributed by atoms with Crippen LogP contribution in [-0.4, -0.2) is 32.3 Å². The number of alkyl halides is 6. The average molecular weight is 479 g/mol. The highest BCUT2D eigenvalue weighted by Gasteiger charge is 2.36. The number of carbonyl (C=O) groups excluding carboxylic acids is 1. The van der Waals surface area contributed by atoms with E-state index in [1.165, 1.54) is 13.8 Å². The summed E-state index contributed by atoms with van der Waals surface area (Å²) in [6.45, 7) is 2.82. The first-order chi connectivity index (χ1) is 15.2. The highest BCUT2D eigenvalue weighted by Crippen LogP contribution is 2.43. The van der Waals surface area contributed by atoms with Crippen molar-refractivity contribution >= 4 is 5.97 Å². The standard InChI is InChI=1S/C22H23F6NO4/c1-11(29)20(30)33-12(2)19(15-7-5-13(21(23,24)25)9-17(15)31-3)16-8-6-14(22(26,27)28)10-18(16)32-4/h5-12,19H,29H2,1-4H3/t11-,12-/m0/s1. The average Bonchev–Trinajstić information content (AvgIpc) is 2.72. The van der Waals surface area contributed by atoms with Gasteiger partial charge in [0.05, 0.1) is 31.3 Å². The molecule has 11 heteroatoms. The van der Waals surface area contributed by atoms with Crippen LogP contribution in [0.25, 0.3) is 0 Å². The number of benzene rings is 2. The van der Waals surface area contributed by atoms with Crippen LogP contribution in [0.3, 0.4) is 0 Å². The van der Waals surface area contributed by atoms with E-state index in [1.54, 1.807) is 0 Å². The molecule has 0 heterocycles. The van der Waals surface area contributed by atoms with Crippen molar-refractivity contribution in [3.05, 3.63) is 58.7 Å². The molecule has 5 nitrogen and oxygen atoms in total. The third-order valence-electron chi connectivity index (χ3n) is 4.93. The Balaban J connectivity index is 2.72. The number of carbonyl (C=O) groups is 1. The normalized spacial score (nSPS) is 14.1. The van der Waals surface area contributed by atoms with Crippen molar-refractivity contribution in [3.8, 4) is 11.5 Å². The van der Waals surface area contributed by atoms with Crippen molar-refractivity contribution in [2.24, 2.45) is 5.73 Å². The van der Waals surface area contributed by atoms with Gasteiger partial charge in [-0.25, -0.2) is 0 Å². The van der Waals surface area contributed by atoms with Crippen molar-refractivity contribution in [1.29, 1.82) is 0 Å². The van der Waals surface area contributed by atoms with Crippen LogP contribution in [0.15, 0.2) is 36.4 Å². The SMILES string of the molecule is COc1cc(C(F)(F)F)ccc1C(c1ccc(C(F)(F)F)cc1OC)[C@H](C)OC(=O)[C@H](C)N. The van der Waals surface area contributed by atoms with E-state index in [9.17, 15) is 31.1 Å². The molecule has 33 heavy (non-hydrogen) atoms. The van der Waals surface area contributed by atoms with Crippen LogP contribution in [0.5, 0.6) is 11.5 Å². The lowest BCUT2D eigenvalue weighted by Gasteiger charge is -2.29. The maximum Gasteiger partial charge on any atom is 0.416 e. The Morgan fingerprint density at radius 1 is 0.818 bits per heavy atom. The number of halogens is 6. The molecule has 2 aromatic rings. The summed E-state index contributed by atoms with van der Waals surface area (Å²) in [7, 11) is 2.30. The molecule has 0 fully saturated rings. The molecule has 0 saturated heterocycles. The van der Waals surface area contributed by atoms with Crippen molar-refractivity contribution < 1.29 is 45.3 Å². The highest BCUT2D eigenvalue weighted by molar-refractivity contribution is 5.75. The Bertz CT molecular complexity index is 922. The van der Waals surface area contributed by atoms with Crippen LogP contribution < -0.4 is 15.2 Å². The van der Waals surface area contributed by atoms with Gasteiger partial charge in [0, 0.05) is 11.1 Å². The van der Waals surface area contributed by atoms with Gasteiger partial charge in [-0.15, -0.1) is 0 Å². The molecule has 182 valence electrons. The number of rotatable bonds is 7. The van der Waals surface area contributed by atoms with Gasteiger partial charge >= 0.3 is 18.3 Å². The number of methoxy groups -OCH3 is 2. The van der Waals surface area contributed by atoms with E-state index in [-0.39, 0.29) is 22.6 Å². The fourth-order valence-corrected chi connectivity index (χ4v) is 3.32. The Morgan fingerprint density at radius 2 is 1.21 bits per heavy atom. The molecule has 2 N–H and O–H groups in total. The second kappa shape index (κ2) is 9.90. The molecule has 0 aromatic heterocycles. The number of esters is 1. The Morgan fingerprint density at radius 3 is 1.52 bits per heavy atom. The Hall–Kier alpha value is -2.95. The Kier molecular flexibility index (Phi) is 7.89. The molecule has 0 spiro atoms. The van der Waals surface area contributed by atoms with Gasteiger partial charge in [-0.05, 0) is 38.1 Å². The van der Waals surface area contributed by atoms with E-state index in [2.05, 4.69) is 0 Å². The summed E-state index contributed by atoms with van der Waals surface area (Å²) in [6, 6.07) is 4.39. The summed E-state index contributed by atoms with van der Waals surface area (Å²) >= 11 is 0. The molecular weight excluding hydrogens is 456 g/mol. The van der Waals surface area contributed by atoms with Gasteiger partial charge in [-0.3, -0.25) is 4.79 Å². The van der Waals surface area contributed by atoms with E-state index in [0.29, 0.717) is 0 Å². The first-order valence-electron chi connectivity index (χ1n) is 9.67. The minimum Gasteiger partial charge on any atom is -0.496 e. The second-order valence-corrected chi connectivity index (χ2v) is 7.32. The van der Waals surface area contributed by atoms with E-state index in [0.717, 1.165) is 50.6 Å². The van der Waals surface area contributed by atoms with E-state index >= 15 is 0 Å². The van der Waals surface area contributed by atoms with Gasteiger partial charge in [0.2, 0.25) is 0 Å². The van der Waals surface area contributed by atoms with Crippen LogP contribution in [-0.2, 0) is 21.9 Å². The zero-order valence-electron chi connectivity index (χ0n) is 18.2. The molecule has 0 bridgehead atoms. The van der Waals surface area contributed by atoms with Crippen LogP contribution >= 0.6 is 0 Å². The zero-order valence-corrected chi connectivity index (χ0v) is 18.2. The van der Waals surface area contributed by atoms with Crippen molar-refractivity contribution in [2.75, 3.05) is 14.2 Å². The fourth-order valence-electron chi connectivity index (χ4n) is 3.32. The number of hydrogen-bond donors (Lipinski definition) is 1. The van der Waals surface area contributed by atoms with Crippen LogP contribution in [0.2, 0.25) is 0 Å². The van der Waals surface area contributed by atoms with Gasteiger partial charge in [0.15, 0.2) is 0 Å². The summed E-state index contributed by atoms with van der Waals surface area (Å²) in [4.78, 5) is 12.1. The maximum absolute atomic E-state index is 13.2. The highest BCUT2D eigenvalue weighted by atomic mass is 19.4. The largest absolute Gasteiger partial charge is 0.496 e. The van der Waals surface area contributed by atoms with Crippen LogP contribution in [0.4, 0.5) is 26.3 Å². The number of ether oxygens (including phenoxy) is 3. The molecule has 0 unspecified atom stereocenters. The summed E-state index contributed by atoms with van der Waals surface area (Å²) in [5.41, 5.74) is 3.86. The molecule has 2 rings (SSSR count). The molecule has 0 saturated carbocycles. The molecule has 2 atom stereocenters. The summed E-state index contributed by atoms with van der Waals surface area (Å²) < 4.78 is 94.8. The molecule has 0 aliphatic carbocycles. The van der Waals surface area contributed by atoms with Crippen LogP contribution in [0.1, 0.15) is 42.0 Å². The predicted octanol–water partition coefficient (Wildman–Crippen LogP) is 5.15. The van der Waals surface area contributed by atoms with E-state index in [1.807, 2.05) is 0 Å². The minimum absolute atomic E-state index is 0.147. The maximum atomic E-state index is 13.2. The van der Waals surface area contributed by atoms with Gasteiger partial charge < -0.3 is 19.9 Å². The monoisotopic (exact) mass is 479 g/mol. The summed E-state index contributed by atoms with van der Waals surface area (Å²) in [5, 5.41) is 0. The topological polar surface area (TPSA) is 70.8 Å². The Labute approximate surface area is 186 Å². The lowest BCUT2D eigenvalue weighted by Crippen LogP contribution is -2.34. The van der Waals surface area contributed by atoms with E-state index < -0.39 is 47.5 Å². The first-order valence-corrected chi connectivity index (χ1v) is 9.67. The molecule has 0 radical (unpaired) electrons. The summed E-state index contributed by atoms with van der Waals surface area (Å²) in [5.74, 6) is -2.23. The van der Waals surface area contributed by atoms with Gasteiger partial charge in [-0.2, -0.15) is 26.3 Å². The molecular formula is C22H23F6NO4.